The normalized spacial score (nSPS) is 11.4. The minimum atomic E-state index is -0.725. The van der Waals surface area contributed by atoms with Crippen molar-refractivity contribution in [3.8, 4) is 17.0 Å². The molecule has 2 heterocycles. The van der Waals surface area contributed by atoms with E-state index in [-0.39, 0.29) is 17.0 Å². The number of hydrogen-bond acceptors (Lipinski definition) is 4. The van der Waals surface area contributed by atoms with Crippen LogP contribution in [0.5, 0.6) is 5.75 Å². The van der Waals surface area contributed by atoms with E-state index in [1.54, 1.807) is 0 Å². The molecule has 0 aliphatic rings. The molecule has 0 radical (unpaired) electrons. The predicted molar refractivity (Wildman–Crippen MR) is 122 cm³/mol. The Morgan fingerprint density at radius 3 is 2.32 bits per heavy atom. The standard InChI is InChI=1S/C24H19F2N3OS/c1-13-7-6-8-14(2)21(13)27-23-22(20-16(25)11-15(30-3)12-17(20)26)28-24-29(23)18-9-4-5-10-19(18)31-24/h4-12,27H,1-3H3. The summed E-state index contributed by atoms with van der Waals surface area (Å²) in [6.07, 6.45) is 0. The number of halogens is 2. The van der Waals surface area contributed by atoms with E-state index in [1.807, 2.05) is 60.7 Å². The molecule has 156 valence electrons. The maximum atomic E-state index is 15.0. The average molecular weight is 435 g/mol. The van der Waals surface area contributed by atoms with Gasteiger partial charge in [0.15, 0.2) is 4.96 Å². The number of methoxy groups -OCH3 is 1. The van der Waals surface area contributed by atoms with Crippen LogP contribution in [0.25, 0.3) is 26.4 Å². The van der Waals surface area contributed by atoms with Crippen molar-refractivity contribution < 1.29 is 13.5 Å². The zero-order valence-electron chi connectivity index (χ0n) is 17.2. The summed E-state index contributed by atoms with van der Waals surface area (Å²) in [5.74, 6) is -0.810. The predicted octanol–water partition coefficient (Wildman–Crippen LogP) is 6.86. The van der Waals surface area contributed by atoms with E-state index in [0.29, 0.717) is 10.8 Å². The maximum absolute atomic E-state index is 15.0. The zero-order valence-corrected chi connectivity index (χ0v) is 18.0. The Hall–Kier alpha value is -3.45. The Labute approximate surface area is 181 Å². The molecule has 0 spiro atoms. The van der Waals surface area contributed by atoms with Gasteiger partial charge in [-0.25, -0.2) is 13.8 Å². The van der Waals surface area contributed by atoms with Gasteiger partial charge in [-0.3, -0.25) is 4.40 Å². The van der Waals surface area contributed by atoms with Crippen molar-refractivity contribution in [1.29, 1.82) is 0 Å². The first-order valence-electron chi connectivity index (χ1n) is 9.74. The van der Waals surface area contributed by atoms with Crippen LogP contribution in [0.4, 0.5) is 20.3 Å². The molecule has 1 N–H and O–H groups in total. The third-order valence-corrected chi connectivity index (χ3v) is 6.39. The van der Waals surface area contributed by atoms with Gasteiger partial charge in [-0.1, -0.05) is 41.7 Å². The Morgan fingerprint density at radius 1 is 0.968 bits per heavy atom. The summed E-state index contributed by atoms with van der Waals surface area (Å²) in [5, 5.41) is 3.43. The smallest absolute Gasteiger partial charge is 0.197 e. The van der Waals surface area contributed by atoms with Crippen molar-refractivity contribution in [2.75, 3.05) is 12.4 Å². The Bertz CT molecular complexity index is 1410. The number of rotatable bonds is 4. The summed E-state index contributed by atoms with van der Waals surface area (Å²) in [7, 11) is 1.38. The van der Waals surface area contributed by atoms with Crippen LogP contribution in [0, 0.1) is 25.5 Å². The van der Waals surface area contributed by atoms with E-state index in [2.05, 4.69) is 10.3 Å². The van der Waals surface area contributed by atoms with Crippen molar-refractivity contribution in [2.24, 2.45) is 0 Å². The number of anilines is 2. The molecule has 0 aliphatic heterocycles. The molecule has 0 aliphatic carbocycles. The lowest BCUT2D eigenvalue weighted by Gasteiger charge is -2.14. The molecule has 7 heteroatoms. The third kappa shape index (κ3) is 3.13. The second kappa shape index (κ2) is 7.35. The van der Waals surface area contributed by atoms with E-state index in [1.165, 1.54) is 30.6 Å². The van der Waals surface area contributed by atoms with Crippen LogP contribution in [0.1, 0.15) is 11.1 Å². The second-order valence-corrected chi connectivity index (χ2v) is 8.36. The summed E-state index contributed by atoms with van der Waals surface area (Å²) < 4.78 is 38.0. The summed E-state index contributed by atoms with van der Waals surface area (Å²) >= 11 is 1.47. The monoisotopic (exact) mass is 435 g/mol. The van der Waals surface area contributed by atoms with Gasteiger partial charge in [-0.15, -0.1) is 0 Å². The van der Waals surface area contributed by atoms with E-state index in [4.69, 9.17) is 4.74 Å². The van der Waals surface area contributed by atoms with Crippen molar-refractivity contribution in [3.05, 3.63) is 77.4 Å². The molecule has 0 amide bonds. The molecule has 0 saturated heterocycles. The number of fused-ring (bicyclic) bond motifs is 3. The molecule has 4 nitrogen and oxygen atoms in total. The molecule has 0 unspecified atom stereocenters. The molecular formula is C24H19F2N3OS. The van der Waals surface area contributed by atoms with Crippen molar-refractivity contribution in [1.82, 2.24) is 9.38 Å². The number of aryl methyl sites for hydroxylation is 2. The summed E-state index contributed by atoms with van der Waals surface area (Å²) in [5.41, 5.74) is 3.89. The quantitative estimate of drug-likeness (QED) is 0.335. The van der Waals surface area contributed by atoms with Gasteiger partial charge in [0.25, 0.3) is 0 Å². The van der Waals surface area contributed by atoms with Gasteiger partial charge in [0.05, 0.1) is 22.9 Å². The lowest BCUT2D eigenvalue weighted by molar-refractivity contribution is 0.407. The topological polar surface area (TPSA) is 38.6 Å². The molecule has 3 aromatic carbocycles. The summed E-state index contributed by atoms with van der Waals surface area (Å²) in [6, 6.07) is 16.2. The molecule has 0 fully saturated rings. The number of imidazole rings is 1. The highest BCUT2D eigenvalue weighted by Crippen LogP contribution is 2.40. The van der Waals surface area contributed by atoms with Gasteiger partial charge in [0.1, 0.15) is 28.9 Å². The maximum Gasteiger partial charge on any atom is 0.197 e. The van der Waals surface area contributed by atoms with E-state index < -0.39 is 11.6 Å². The molecule has 5 rings (SSSR count). The Balaban J connectivity index is 1.83. The number of para-hydroxylation sites is 2. The van der Waals surface area contributed by atoms with Gasteiger partial charge in [-0.2, -0.15) is 0 Å². The highest BCUT2D eigenvalue weighted by atomic mass is 32.1. The first kappa shape index (κ1) is 19.5. The van der Waals surface area contributed by atoms with Crippen LogP contribution in [-0.2, 0) is 0 Å². The fraction of sp³-hybridized carbons (Fsp3) is 0.125. The molecule has 31 heavy (non-hydrogen) atoms. The molecule has 5 aromatic rings. The van der Waals surface area contributed by atoms with Crippen LogP contribution in [0.15, 0.2) is 54.6 Å². The van der Waals surface area contributed by atoms with Gasteiger partial charge in [-0.05, 0) is 37.1 Å². The lowest BCUT2D eigenvalue weighted by atomic mass is 10.1. The molecular weight excluding hydrogens is 416 g/mol. The largest absolute Gasteiger partial charge is 0.497 e. The minimum absolute atomic E-state index is 0.120. The third-order valence-electron chi connectivity index (χ3n) is 5.37. The lowest BCUT2D eigenvalue weighted by Crippen LogP contribution is -2.02. The molecule has 2 aromatic heterocycles. The van der Waals surface area contributed by atoms with Crippen molar-refractivity contribution in [3.63, 3.8) is 0 Å². The number of benzene rings is 3. The van der Waals surface area contributed by atoms with Gasteiger partial charge < -0.3 is 10.1 Å². The number of hydrogen-bond donors (Lipinski definition) is 1. The first-order chi connectivity index (χ1) is 15.0. The van der Waals surface area contributed by atoms with E-state index in [9.17, 15) is 0 Å². The molecule has 0 bridgehead atoms. The van der Waals surface area contributed by atoms with Gasteiger partial charge in [0, 0.05) is 17.8 Å². The number of nitrogens with one attached hydrogen (secondary N) is 1. The highest BCUT2D eigenvalue weighted by Gasteiger charge is 2.25. The fourth-order valence-electron chi connectivity index (χ4n) is 3.83. The average Bonchev–Trinajstić information content (AvgIpc) is 3.26. The molecule has 0 atom stereocenters. The second-order valence-electron chi connectivity index (χ2n) is 7.35. The minimum Gasteiger partial charge on any atom is -0.497 e. The Morgan fingerprint density at radius 2 is 1.65 bits per heavy atom. The van der Waals surface area contributed by atoms with Crippen LogP contribution >= 0.6 is 11.3 Å². The van der Waals surface area contributed by atoms with E-state index >= 15 is 8.78 Å². The summed E-state index contributed by atoms with van der Waals surface area (Å²) in [4.78, 5) is 5.30. The Kier molecular flexibility index (Phi) is 4.63. The van der Waals surface area contributed by atoms with Crippen LogP contribution in [0.2, 0.25) is 0 Å². The number of ether oxygens (including phenoxy) is 1. The van der Waals surface area contributed by atoms with Crippen molar-refractivity contribution >= 4 is 38.0 Å². The fourth-order valence-corrected chi connectivity index (χ4v) is 4.86. The number of nitrogens with zero attached hydrogens (tertiary/aromatic N) is 2. The first-order valence-corrected chi connectivity index (χ1v) is 10.6. The van der Waals surface area contributed by atoms with E-state index in [0.717, 1.165) is 27.0 Å². The highest BCUT2D eigenvalue weighted by molar-refractivity contribution is 7.23. The molecule has 0 saturated carbocycles. The summed E-state index contributed by atoms with van der Waals surface area (Å²) in [6.45, 7) is 3.99. The van der Waals surface area contributed by atoms with Gasteiger partial charge >= 0.3 is 0 Å². The van der Waals surface area contributed by atoms with Crippen LogP contribution < -0.4 is 10.1 Å². The number of aromatic nitrogens is 2. The SMILES string of the molecule is COc1cc(F)c(-c2nc3sc4ccccc4n3c2Nc2c(C)cccc2C)c(F)c1. The number of thiazole rings is 1. The van der Waals surface area contributed by atoms with Gasteiger partial charge in [0.2, 0.25) is 0 Å². The van der Waals surface area contributed by atoms with Crippen LogP contribution in [-0.4, -0.2) is 16.5 Å². The van der Waals surface area contributed by atoms with Crippen LogP contribution in [0.3, 0.4) is 0 Å². The zero-order chi connectivity index (χ0) is 21.7. The van der Waals surface area contributed by atoms with Crippen molar-refractivity contribution in [2.45, 2.75) is 13.8 Å².